The summed E-state index contributed by atoms with van der Waals surface area (Å²) in [5, 5.41) is 1.61. The second-order valence-corrected chi connectivity index (χ2v) is 14.5. The number of alkyl halides is 3. The first-order chi connectivity index (χ1) is 22.7. The SMILES string of the molecule is CC[C@H](C)[C@@H]([C@@H](CC(=O)N1CCC[C@H]1[C@H](OC)[C@@H](C)C(=O)NS(=O)(=O)c1ccc(NC(=O)C(F)(F)F)cc1)OC)N(C)C(=O)[C@@H](N)C(C)C. The second-order valence-electron chi connectivity index (χ2n) is 12.8. The van der Waals surface area contributed by atoms with Crippen LogP contribution in [0.1, 0.15) is 60.3 Å². The van der Waals surface area contributed by atoms with E-state index in [0.717, 1.165) is 24.3 Å². The van der Waals surface area contributed by atoms with Crippen LogP contribution >= 0.6 is 0 Å². The summed E-state index contributed by atoms with van der Waals surface area (Å²) in [6, 6.07) is 2.04. The molecule has 0 bridgehead atoms. The number of methoxy groups -OCH3 is 2. The molecule has 1 heterocycles. The highest BCUT2D eigenvalue weighted by Crippen LogP contribution is 2.30. The lowest BCUT2D eigenvalue weighted by molar-refractivity contribution is -0.167. The molecule has 1 aliphatic rings. The number of carbonyl (C=O) groups excluding carboxylic acids is 4. The Kier molecular flexibility index (Phi) is 15.0. The standard InChI is InChI=1S/C32H50F3N5O8S/c1-9-19(4)27(39(6)30(43)26(36)18(2)3)24(47-7)17-25(41)40-16-10-11-23(40)28(48-8)20(5)29(42)38-49(45,46)22-14-12-21(13-15-22)37-31(44)32(33,34)35/h12-15,18-20,23-24,26-28H,9-11,16-17,36H2,1-8H3,(H,37,44)(H,38,42)/t19-,20+,23-,24+,26-,27-,28+/m0/s1. The minimum atomic E-state index is -5.13. The summed E-state index contributed by atoms with van der Waals surface area (Å²) >= 11 is 0. The van der Waals surface area contributed by atoms with Crippen LogP contribution in [0.25, 0.3) is 0 Å². The second kappa shape index (κ2) is 17.6. The van der Waals surface area contributed by atoms with Crippen molar-refractivity contribution in [1.29, 1.82) is 0 Å². The minimum absolute atomic E-state index is 0.0346. The van der Waals surface area contributed by atoms with E-state index in [2.05, 4.69) is 0 Å². The summed E-state index contributed by atoms with van der Waals surface area (Å²) in [4.78, 5) is 54.2. The molecule has 0 aromatic heterocycles. The van der Waals surface area contributed by atoms with Gasteiger partial charge in [0.15, 0.2) is 0 Å². The lowest BCUT2D eigenvalue weighted by Gasteiger charge is -2.40. The highest BCUT2D eigenvalue weighted by Gasteiger charge is 2.43. The van der Waals surface area contributed by atoms with Crippen molar-refractivity contribution < 1.29 is 50.2 Å². The van der Waals surface area contributed by atoms with Crippen molar-refractivity contribution in [3.05, 3.63) is 24.3 Å². The number of rotatable bonds is 16. The lowest BCUT2D eigenvalue weighted by atomic mass is 9.89. The summed E-state index contributed by atoms with van der Waals surface area (Å²) in [5.74, 6) is -4.87. The quantitative estimate of drug-likeness (QED) is 0.232. The molecule has 1 aliphatic heterocycles. The van der Waals surface area contributed by atoms with Crippen LogP contribution in [0.4, 0.5) is 18.9 Å². The number of nitrogens with two attached hydrogens (primary N) is 1. The molecule has 4 N–H and O–H groups in total. The van der Waals surface area contributed by atoms with Gasteiger partial charge in [-0.1, -0.05) is 41.0 Å². The summed E-state index contributed by atoms with van der Waals surface area (Å²) in [6.07, 6.45) is -4.98. The van der Waals surface area contributed by atoms with Crippen molar-refractivity contribution in [2.24, 2.45) is 23.5 Å². The van der Waals surface area contributed by atoms with Gasteiger partial charge in [-0.25, -0.2) is 13.1 Å². The number of nitrogens with one attached hydrogen (secondary N) is 2. The molecule has 13 nitrogen and oxygen atoms in total. The third-order valence-corrected chi connectivity index (χ3v) is 10.5. The molecule has 0 radical (unpaired) electrons. The molecule has 17 heteroatoms. The Morgan fingerprint density at radius 1 is 1.06 bits per heavy atom. The van der Waals surface area contributed by atoms with Gasteiger partial charge in [-0.3, -0.25) is 19.2 Å². The van der Waals surface area contributed by atoms with E-state index in [4.69, 9.17) is 15.2 Å². The van der Waals surface area contributed by atoms with Crippen LogP contribution in [-0.4, -0.2) is 106 Å². The molecule has 2 rings (SSSR count). The van der Waals surface area contributed by atoms with Gasteiger partial charge in [0.2, 0.25) is 17.7 Å². The van der Waals surface area contributed by atoms with E-state index in [1.165, 1.54) is 21.1 Å². The topological polar surface area (TPSA) is 177 Å². The lowest BCUT2D eigenvalue weighted by Crippen LogP contribution is -2.56. The average molecular weight is 722 g/mol. The Morgan fingerprint density at radius 3 is 2.14 bits per heavy atom. The number of sulfonamides is 1. The fraction of sp³-hybridized carbons (Fsp3) is 0.688. The van der Waals surface area contributed by atoms with E-state index in [1.807, 2.05) is 32.4 Å². The van der Waals surface area contributed by atoms with Crippen molar-refractivity contribution in [3.63, 3.8) is 0 Å². The first-order valence-corrected chi connectivity index (χ1v) is 17.6. The number of anilines is 1. The Labute approximate surface area is 286 Å². The van der Waals surface area contributed by atoms with E-state index < -0.39 is 69.2 Å². The molecule has 7 atom stereocenters. The fourth-order valence-electron chi connectivity index (χ4n) is 6.03. The van der Waals surface area contributed by atoms with Crippen molar-refractivity contribution in [2.45, 2.75) is 102 Å². The maximum atomic E-state index is 13.8. The fourth-order valence-corrected chi connectivity index (χ4v) is 7.09. The molecule has 1 aromatic carbocycles. The van der Waals surface area contributed by atoms with Gasteiger partial charge in [0.1, 0.15) is 0 Å². The number of nitrogens with zero attached hydrogens (tertiary/aromatic N) is 2. The Bertz CT molecular complexity index is 1410. The van der Waals surface area contributed by atoms with Crippen molar-refractivity contribution >= 4 is 39.3 Å². The summed E-state index contributed by atoms with van der Waals surface area (Å²) in [7, 11) is 0.0238. The number of halogens is 3. The molecule has 0 aliphatic carbocycles. The van der Waals surface area contributed by atoms with Crippen molar-refractivity contribution in [3.8, 4) is 0 Å². The number of likely N-dealkylation sites (N-methyl/N-ethyl adjacent to an activating group) is 1. The monoisotopic (exact) mass is 721 g/mol. The van der Waals surface area contributed by atoms with Gasteiger partial charge in [0.25, 0.3) is 10.0 Å². The van der Waals surface area contributed by atoms with Gasteiger partial charge in [0.05, 0.1) is 47.6 Å². The number of carbonyl (C=O) groups is 4. The first kappa shape index (κ1) is 41.9. The molecule has 1 fully saturated rings. The number of hydrogen-bond donors (Lipinski definition) is 3. The van der Waals surface area contributed by atoms with Crippen molar-refractivity contribution in [1.82, 2.24) is 14.5 Å². The van der Waals surface area contributed by atoms with Gasteiger partial charge >= 0.3 is 12.1 Å². The molecule has 0 unspecified atom stereocenters. The van der Waals surface area contributed by atoms with Crippen LogP contribution in [0, 0.1) is 17.8 Å². The third kappa shape index (κ3) is 10.6. The summed E-state index contributed by atoms with van der Waals surface area (Å²) < 4.78 is 77.0. The predicted molar refractivity (Wildman–Crippen MR) is 175 cm³/mol. The van der Waals surface area contributed by atoms with Crippen LogP contribution in [0.3, 0.4) is 0 Å². The highest BCUT2D eigenvalue weighted by atomic mass is 32.2. The molecule has 278 valence electrons. The normalized spacial score (nSPS) is 19.0. The molecule has 0 spiro atoms. The van der Waals surface area contributed by atoms with Gasteiger partial charge in [0, 0.05) is 33.5 Å². The maximum absolute atomic E-state index is 13.8. The van der Waals surface area contributed by atoms with Crippen LogP contribution < -0.4 is 15.8 Å². The van der Waals surface area contributed by atoms with E-state index in [9.17, 15) is 40.8 Å². The van der Waals surface area contributed by atoms with E-state index >= 15 is 0 Å². The summed E-state index contributed by atoms with van der Waals surface area (Å²) in [5.41, 5.74) is 5.87. The molecule has 1 saturated heterocycles. The number of likely N-dealkylation sites (tertiary alicyclic amines) is 1. The zero-order valence-corrected chi connectivity index (χ0v) is 30.1. The van der Waals surface area contributed by atoms with Crippen LogP contribution in [0.15, 0.2) is 29.2 Å². The van der Waals surface area contributed by atoms with Crippen LogP contribution in [0.2, 0.25) is 0 Å². The molecule has 49 heavy (non-hydrogen) atoms. The Morgan fingerprint density at radius 2 is 1.65 bits per heavy atom. The molecule has 4 amide bonds. The highest BCUT2D eigenvalue weighted by molar-refractivity contribution is 7.90. The van der Waals surface area contributed by atoms with Crippen LogP contribution in [0.5, 0.6) is 0 Å². The average Bonchev–Trinajstić information content (AvgIpc) is 3.52. The molecule has 0 saturated carbocycles. The number of hydrogen-bond acceptors (Lipinski definition) is 9. The number of amides is 4. The van der Waals surface area contributed by atoms with E-state index in [-0.39, 0.29) is 35.8 Å². The van der Waals surface area contributed by atoms with Gasteiger partial charge in [-0.05, 0) is 48.9 Å². The summed E-state index contributed by atoms with van der Waals surface area (Å²) in [6.45, 7) is 9.49. The van der Waals surface area contributed by atoms with E-state index in [0.29, 0.717) is 25.8 Å². The smallest absolute Gasteiger partial charge is 0.379 e. The van der Waals surface area contributed by atoms with Crippen molar-refractivity contribution in [2.75, 3.05) is 33.1 Å². The molecular weight excluding hydrogens is 671 g/mol. The zero-order chi connectivity index (χ0) is 37.4. The predicted octanol–water partition coefficient (Wildman–Crippen LogP) is 2.90. The zero-order valence-electron chi connectivity index (χ0n) is 29.2. The van der Waals surface area contributed by atoms with Gasteiger partial charge < -0.3 is 30.3 Å². The largest absolute Gasteiger partial charge is 0.471 e. The first-order valence-electron chi connectivity index (χ1n) is 16.1. The number of benzene rings is 1. The van der Waals surface area contributed by atoms with Gasteiger partial charge in [-0.15, -0.1) is 0 Å². The molecule has 1 aromatic rings. The molecular formula is C32H50F3N5O8S. The third-order valence-electron chi connectivity index (χ3n) is 9.18. The maximum Gasteiger partial charge on any atom is 0.471 e. The minimum Gasteiger partial charge on any atom is -0.379 e. The van der Waals surface area contributed by atoms with E-state index in [1.54, 1.807) is 22.2 Å². The Balaban J connectivity index is 2.21. The van der Waals surface area contributed by atoms with Gasteiger partial charge in [-0.2, -0.15) is 13.2 Å². The van der Waals surface area contributed by atoms with Crippen LogP contribution in [-0.2, 0) is 38.7 Å². The Hall–Kier alpha value is -3.28. The number of ether oxygens (including phenoxy) is 2.